The van der Waals surface area contributed by atoms with Gasteiger partial charge in [-0.1, -0.05) is 72.6 Å². The van der Waals surface area contributed by atoms with Crippen LogP contribution >= 0.6 is 0 Å². The second kappa shape index (κ2) is 27.5. The van der Waals surface area contributed by atoms with E-state index in [1.807, 2.05) is 91.6 Å². The van der Waals surface area contributed by atoms with Gasteiger partial charge in [0.25, 0.3) is 0 Å². The van der Waals surface area contributed by atoms with Crippen LogP contribution in [-0.4, -0.2) is 154 Å². The summed E-state index contributed by atoms with van der Waals surface area (Å²) in [5, 5.41) is 46.5. The summed E-state index contributed by atoms with van der Waals surface area (Å²) in [6, 6.07) is 4.78. The predicted molar refractivity (Wildman–Crippen MR) is 291 cm³/mol. The molecule has 0 amide bonds. The number of aromatic nitrogens is 1. The van der Waals surface area contributed by atoms with Gasteiger partial charge < -0.3 is 67.8 Å². The normalized spacial score (nSPS) is 36.8. The van der Waals surface area contributed by atoms with Gasteiger partial charge in [0.2, 0.25) is 5.43 Å². The third kappa shape index (κ3) is 15.0. The van der Waals surface area contributed by atoms with Gasteiger partial charge >= 0.3 is 11.9 Å². The van der Waals surface area contributed by atoms with Crippen molar-refractivity contribution in [1.82, 2.24) is 9.47 Å². The monoisotopic (exact) mass is 1070 g/mol. The second-order valence-corrected chi connectivity index (χ2v) is 23.4. The molecule has 1 aromatic carbocycles. The molecule has 0 aliphatic carbocycles. The van der Waals surface area contributed by atoms with Gasteiger partial charge in [0, 0.05) is 42.6 Å². The Bertz CT molecular complexity index is 2280. The van der Waals surface area contributed by atoms with Crippen molar-refractivity contribution in [3.63, 3.8) is 0 Å². The van der Waals surface area contributed by atoms with Crippen molar-refractivity contribution in [2.45, 2.75) is 214 Å². The van der Waals surface area contributed by atoms with E-state index < -0.39 is 95.5 Å². The highest BCUT2D eigenvalue weighted by molar-refractivity contribution is 5.93. The number of aliphatic hydroxyl groups is 3. The molecule has 76 heavy (non-hydrogen) atoms. The summed E-state index contributed by atoms with van der Waals surface area (Å²) >= 11 is 0. The van der Waals surface area contributed by atoms with Gasteiger partial charge in [-0.25, -0.2) is 4.79 Å². The zero-order valence-electron chi connectivity index (χ0n) is 48.2. The van der Waals surface area contributed by atoms with Crippen LogP contribution in [0.15, 0.2) is 35.3 Å². The minimum atomic E-state index is -1.82. The Morgan fingerprint density at radius 2 is 1.63 bits per heavy atom. The van der Waals surface area contributed by atoms with Crippen molar-refractivity contribution >= 4 is 35.2 Å². The lowest BCUT2D eigenvalue weighted by atomic mass is 9.74. The van der Waals surface area contributed by atoms with Crippen LogP contribution in [0, 0.1) is 41.4 Å². The number of carboxylic acid groups (broad SMARTS) is 1. The Morgan fingerprint density at radius 3 is 2.24 bits per heavy atom. The third-order valence-electron chi connectivity index (χ3n) is 16.9. The molecule has 0 saturated carbocycles. The van der Waals surface area contributed by atoms with Gasteiger partial charge in [-0.2, -0.15) is 0 Å². The number of aldehydes is 1. The van der Waals surface area contributed by atoms with Crippen molar-refractivity contribution < 1.29 is 68.0 Å². The smallest absolute Gasteiger partial charge is 0.341 e. The molecule has 18 atom stereocenters. The highest BCUT2D eigenvalue weighted by atomic mass is 16.7. The number of esters is 1. The number of benzene rings is 1. The molecule has 2 aromatic rings. The molecular weight excluding hydrogens is 977 g/mol. The largest absolute Gasteiger partial charge is 0.477 e. The number of carbonyl (C=O) groups excluding carboxylic acids is 2. The predicted octanol–water partition coefficient (Wildman–Crippen LogP) is 8.06. The maximum Gasteiger partial charge on any atom is 0.341 e. The molecule has 1 aromatic heterocycles. The second-order valence-electron chi connectivity index (χ2n) is 23.4. The molecule has 430 valence electrons. The number of hydrogen-bond donors (Lipinski definition) is 4. The Kier molecular flexibility index (Phi) is 22.9. The first-order valence-electron chi connectivity index (χ1n) is 28.1. The van der Waals surface area contributed by atoms with Crippen molar-refractivity contribution in [1.29, 1.82) is 0 Å². The molecule has 17 nitrogen and oxygen atoms in total. The first-order chi connectivity index (χ1) is 35.7. The molecule has 4 heterocycles. The van der Waals surface area contributed by atoms with E-state index in [4.69, 9.17) is 33.2 Å². The van der Waals surface area contributed by atoms with E-state index in [-0.39, 0.29) is 80.1 Å². The van der Waals surface area contributed by atoms with Crippen molar-refractivity contribution in [2.75, 3.05) is 33.4 Å². The minimum absolute atomic E-state index is 0.00587. The van der Waals surface area contributed by atoms with Crippen molar-refractivity contribution in [2.24, 2.45) is 41.4 Å². The number of ether oxygens (including phenoxy) is 7. The summed E-state index contributed by atoms with van der Waals surface area (Å²) in [5.41, 5.74) is -2.82. The average Bonchev–Trinajstić information content (AvgIpc) is 3.35. The number of rotatable bonds is 18. The first kappa shape index (κ1) is 63.2. The van der Waals surface area contributed by atoms with Crippen LogP contribution in [0.5, 0.6) is 0 Å². The van der Waals surface area contributed by atoms with Crippen LogP contribution in [0.3, 0.4) is 0 Å². The van der Waals surface area contributed by atoms with E-state index in [2.05, 4.69) is 13.8 Å². The van der Waals surface area contributed by atoms with Gasteiger partial charge in [-0.05, 0) is 123 Å². The lowest BCUT2D eigenvalue weighted by molar-refractivity contribution is -0.301. The highest BCUT2D eigenvalue weighted by Gasteiger charge is 2.52. The maximum atomic E-state index is 14.6. The number of nitrogens with zero attached hydrogens (tertiary/aromatic N) is 2. The molecule has 2 unspecified atom stereocenters. The van der Waals surface area contributed by atoms with Gasteiger partial charge in [0.05, 0.1) is 73.3 Å². The fourth-order valence-corrected chi connectivity index (χ4v) is 12.6. The van der Waals surface area contributed by atoms with E-state index in [0.717, 1.165) is 24.7 Å². The zero-order valence-corrected chi connectivity index (χ0v) is 48.2. The first-order valence-corrected chi connectivity index (χ1v) is 28.1. The zero-order chi connectivity index (χ0) is 56.6. The molecule has 3 saturated heterocycles. The lowest BCUT2D eigenvalue weighted by Gasteiger charge is -2.48. The van der Waals surface area contributed by atoms with E-state index in [0.29, 0.717) is 30.3 Å². The van der Waals surface area contributed by atoms with Gasteiger partial charge in [0.15, 0.2) is 12.6 Å². The topological polar surface area (TPSA) is 222 Å². The van der Waals surface area contributed by atoms with Crippen LogP contribution in [0.4, 0.5) is 0 Å². The third-order valence-corrected chi connectivity index (χ3v) is 16.9. The number of carboxylic acids is 1. The molecule has 0 bridgehead atoms. The molecule has 17 heteroatoms. The quantitative estimate of drug-likeness (QED) is 0.0630. The van der Waals surface area contributed by atoms with Crippen LogP contribution in [-0.2, 0) is 42.7 Å². The van der Waals surface area contributed by atoms with E-state index in [1.54, 1.807) is 31.4 Å². The maximum absolute atomic E-state index is 14.6. The highest BCUT2D eigenvalue weighted by Crippen LogP contribution is 2.43. The van der Waals surface area contributed by atoms with Gasteiger partial charge in [0.1, 0.15) is 29.7 Å². The standard InChI is InChI=1S/C59H94N2O15/c1-16-42(17-2)43-27-36(8)72-57(46(43)32-62)76-54-37(9)52(38(10)56(67)74-48(18-3)59(14,69)53(64)39(11)60(15)30-34(6)29-58(54,13)68)75-49-26-35(7)51(40(12)73-49)71-25-24-70-23-19-20-41-21-22-47-44(28-41)50(63)45(55(65)66)31-61(47)33(4)5/h19-22,28,31-40,42-43,46,48-49,51-54,57,64,68-69H,16-18,23-27,29-30H2,1-15H3,(H,65,66)/b20-19+/t34-,35+,36-,37+,38-,39-,40+,43-,46?,48-,49+,51?,52+,53+,54-,57+,58-,59-/m1/s1. The average molecular weight is 1070 g/mol. The summed E-state index contributed by atoms with van der Waals surface area (Å²) in [6.45, 7) is 27.7. The fraction of sp³-hybridized carbons (Fsp3) is 0.763. The number of fused-ring (bicyclic) bond motifs is 1. The molecule has 0 spiro atoms. The SMILES string of the molecule is CCC(CC)[C@H]1C[C@@H](C)O[C@@H](O[C@@H]2[C@@H](C)[C@H](O[C@H]3C[C@H](C)C(OCCOC/C=C/c4ccc5c(c4)c(=O)c(C(=O)O)cn5C(C)C)[C@H](C)O3)[C@@H](C)C(=O)O[C@H](CC)[C@@](C)(O)[C@@H](O)[C@@H](C)N(C)C[C@H](C)C[C@@]2(C)O)C1C=O. The number of carbonyl (C=O) groups is 3. The minimum Gasteiger partial charge on any atom is -0.477 e. The molecule has 4 N–H and O–H groups in total. The summed E-state index contributed by atoms with van der Waals surface area (Å²) in [5.74, 6) is -4.28. The van der Waals surface area contributed by atoms with E-state index >= 15 is 0 Å². The number of hydrogen-bond acceptors (Lipinski definition) is 15. The number of aliphatic hydroxyl groups excluding tert-OH is 1. The van der Waals surface area contributed by atoms with Crippen LogP contribution in [0.25, 0.3) is 17.0 Å². The summed E-state index contributed by atoms with van der Waals surface area (Å²) in [4.78, 5) is 54.6. The van der Waals surface area contributed by atoms with Crippen LogP contribution in [0.1, 0.15) is 157 Å². The van der Waals surface area contributed by atoms with E-state index in [1.165, 1.54) is 13.1 Å². The molecule has 0 radical (unpaired) electrons. The Balaban J connectivity index is 1.36. The van der Waals surface area contributed by atoms with E-state index in [9.17, 15) is 39.6 Å². The molecule has 3 aliphatic rings. The summed E-state index contributed by atoms with van der Waals surface area (Å²) in [7, 11) is 1.85. The Hall–Kier alpha value is -3.62. The molecule has 5 rings (SSSR count). The fourth-order valence-electron chi connectivity index (χ4n) is 12.6. The van der Waals surface area contributed by atoms with Crippen molar-refractivity contribution in [3.05, 3.63) is 51.8 Å². The summed E-state index contributed by atoms with van der Waals surface area (Å²) in [6.07, 6.45) is 2.04. The van der Waals surface area contributed by atoms with Crippen LogP contribution in [0.2, 0.25) is 0 Å². The summed E-state index contributed by atoms with van der Waals surface area (Å²) < 4.78 is 47.3. The molecule has 3 aliphatic heterocycles. The van der Waals surface area contributed by atoms with Gasteiger partial charge in [-0.3, -0.25) is 9.59 Å². The van der Waals surface area contributed by atoms with Crippen molar-refractivity contribution in [3.8, 4) is 0 Å². The van der Waals surface area contributed by atoms with Crippen LogP contribution < -0.4 is 5.43 Å². The number of aromatic carboxylic acids is 1. The number of pyridine rings is 1. The molecular formula is C59H94N2O15. The Labute approximate surface area is 451 Å². The lowest BCUT2D eigenvalue weighted by Crippen LogP contribution is -2.59. The Morgan fingerprint density at radius 1 is 0.947 bits per heavy atom. The number of cyclic esters (lactones) is 1. The van der Waals surface area contributed by atoms with Gasteiger partial charge in [-0.15, -0.1) is 0 Å². The molecule has 3 fully saturated rings. The number of likely N-dealkylation sites (N-methyl/N-ethyl adjacent to an activating group) is 1.